The van der Waals surface area contributed by atoms with Crippen molar-refractivity contribution in [1.29, 1.82) is 0 Å². The molecule has 0 aliphatic carbocycles. The number of rotatable bonds is 8. The lowest BCUT2D eigenvalue weighted by molar-refractivity contribution is 1.18. The monoisotopic (exact) mass is 814 g/mol. The van der Waals surface area contributed by atoms with Crippen molar-refractivity contribution < 1.29 is 0 Å². The largest absolute Gasteiger partial charge is 0.310 e. The van der Waals surface area contributed by atoms with Gasteiger partial charge in [0.2, 0.25) is 0 Å². The highest BCUT2D eigenvalue weighted by atomic mass is 15.1. The van der Waals surface area contributed by atoms with Gasteiger partial charge in [0.05, 0.1) is 11.0 Å². The molecule has 2 heteroatoms. The topological polar surface area (TPSA) is 8.17 Å². The van der Waals surface area contributed by atoms with Crippen LogP contribution in [0.25, 0.3) is 93.5 Å². The first-order valence-electron chi connectivity index (χ1n) is 22.0. The van der Waals surface area contributed by atoms with Crippen LogP contribution in [0.4, 0.5) is 17.1 Å². The van der Waals surface area contributed by atoms with Gasteiger partial charge in [0.1, 0.15) is 0 Å². The predicted octanol–water partition coefficient (Wildman–Crippen LogP) is 17.2. The van der Waals surface area contributed by atoms with Gasteiger partial charge in [-0.05, 0) is 133 Å². The SMILES string of the molecule is c1ccc(-c2ccc(N(c3ccc(-c4ccc5c(ccc6ccccc65)c4)cc3)c3cccc(-c4cccc5c4c4ccc(-c6ccccc6)cc4n5-c4ccccc4)c3)cc2)cc1. The summed E-state index contributed by atoms with van der Waals surface area (Å²) in [6.45, 7) is 0. The van der Waals surface area contributed by atoms with E-state index >= 15 is 0 Å². The molecule has 0 fully saturated rings. The molecule has 12 rings (SSSR count). The summed E-state index contributed by atoms with van der Waals surface area (Å²) in [5.41, 5.74) is 16.3. The van der Waals surface area contributed by atoms with Crippen molar-refractivity contribution in [2.75, 3.05) is 4.90 Å². The van der Waals surface area contributed by atoms with Crippen molar-refractivity contribution in [3.05, 3.63) is 255 Å². The summed E-state index contributed by atoms with van der Waals surface area (Å²) in [6.07, 6.45) is 0. The number of para-hydroxylation sites is 1. The first-order chi connectivity index (χ1) is 31.7. The van der Waals surface area contributed by atoms with E-state index < -0.39 is 0 Å². The zero-order chi connectivity index (χ0) is 42.4. The summed E-state index contributed by atoms with van der Waals surface area (Å²) in [5, 5.41) is 7.54. The Morgan fingerprint density at radius 1 is 0.266 bits per heavy atom. The van der Waals surface area contributed by atoms with Gasteiger partial charge < -0.3 is 9.47 Å². The van der Waals surface area contributed by atoms with Crippen LogP contribution in [0.5, 0.6) is 0 Å². The van der Waals surface area contributed by atoms with Gasteiger partial charge in [-0.1, -0.05) is 188 Å². The third-order valence-electron chi connectivity index (χ3n) is 12.8. The molecule has 0 saturated heterocycles. The smallest absolute Gasteiger partial charge is 0.0547 e. The van der Waals surface area contributed by atoms with E-state index in [1.807, 2.05) is 0 Å². The van der Waals surface area contributed by atoms with Gasteiger partial charge >= 0.3 is 0 Å². The predicted molar refractivity (Wildman–Crippen MR) is 272 cm³/mol. The molecule has 12 aromatic rings. The maximum absolute atomic E-state index is 2.42. The lowest BCUT2D eigenvalue weighted by atomic mass is 9.97. The number of anilines is 3. The molecule has 0 saturated carbocycles. The van der Waals surface area contributed by atoms with E-state index in [-0.39, 0.29) is 0 Å². The van der Waals surface area contributed by atoms with Crippen molar-refractivity contribution in [2.45, 2.75) is 0 Å². The fourth-order valence-corrected chi connectivity index (χ4v) is 9.66. The molecule has 0 atom stereocenters. The van der Waals surface area contributed by atoms with E-state index in [1.54, 1.807) is 0 Å². The Kier molecular flexibility index (Phi) is 9.20. The molecule has 300 valence electrons. The third-order valence-corrected chi connectivity index (χ3v) is 12.8. The highest BCUT2D eigenvalue weighted by molar-refractivity contribution is 6.16. The molecular formula is C62H42N2. The van der Waals surface area contributed by atoms with Gasteiger partial charge in [0.25, 0.3) is 0 Å². The highest BCUT2D eigenvalue weighted by Crippen LogP contribution is 2.43. The minimum atomic E-state index is 1.09. The van der Waals surface area contributed by atoms with Crippen LogP contribution in [0.2, 0.25) is 0 Å². The first-order valence-corrected chi connectivity index (χ1v) is 22.0. The van der Waals surface area contributed by atoms with Crippen LogP contribution < -0.4 is 4.90 Å². The molecule has 0 aliphatic rings. The Morgan fingerprint density at radius 3 is 1.50 bits per heavy atom. The van der Waals surface area contributed by atoms with E-state index in [4.69, 9.17) is 0 Å². The molecule has 11 aromatic carbocycles. The van der Waals surface area contributed by atoms with Crippen LogP contribution in [0.1, 0.15) is 0 Å². The molecule has 2 nitrogen and oxygen atoms in total. The molecule has 0 unspecified atom stereocenters. The number of hydrogen-bond donors (Lipinski definition) is 0. The van der Waals surface area contributed by atoms with E-state index in [0.717, 1.165) is 28.3 Å². The Morgan fingerprint density at radius 2 is 0.781 bits per heavy atom. The number of fused-ring (bicyclic) bond motifs is 6. The maximum Gasteiger partial charge on any atom is 0.0547 e. The minimum Gasteiger partial charge on any atom is -0.310 e. The van der Waals surface area contributed by atoms with E-state index in [9.17, 15) is 0 Å². The Bertz CT molecular complexity index is 3630. The zero-order valence-corrected chi connectivity index (χ0v) is 35.1. The van der Waals surface area contributed by atoms with Crippen LogP contribution >= 0.6 is 0 Å². The Labute approximate surface area is 373 Å². The molecule has 0 N–H and O–H groups in total. The van der Waals surface area contributed by atoms with Gasteiger partial charge in [0, 0.05) is 33.5 Å². The molecule has 1 aromatic heterocycles. The van der Waals surface area contributed by atoms with Crippen molar-refractivity contribution in [1.82, 2.24) is 4.57 Å². The highest BCUT2D eigenvalue weighted by Gasteiger charge is 2.19. The van der Waals surface area contributed by atoms with Crippen molar-refractivity contribution in [2.24, 2.45) is 0 Å². The molecular weight excluding hydrogens is 773 g/mol. The fraction of sp³-hybridized carbons (Fsp3) is 0. The first kappa shape index (κ1) is 37.3. The van der Waals surface area contributed by atoms with Gasteiger partial charge in [-0.2, -0.15) is 0 Å². The molecule has 0 aliphatic heterocycles. The van der Waals surface area contributed by atoms with Crippen molar-refractivity contribution >= 4 is 60.4 Å². The molecule has 0 bridgehead atoms. The average Bonchev–Trinajstić information content (AvgIpc) is 3.71. The standard InChI is InChI=1S/C62H42N2/c1-4-14-43(15-5-1)45-28-34-53(35-29-45)63(54-36-30-46(31-37-54)48-32-38-57-51(40-48)27-26-47-18-10-11-23-56(47)57)55-22-12-19-50(41-55)58-24-13-25-60-62(58)59-39-33-49(44-16-6-2-7-17-44)42-61(59)64(60)52-20-8-3-9-21-52/h1-42H. The molecule has 64 heavy (non-hydrogen) atoms. The zero-order valence-electron chi connectivity index (χ0n) is 35.1. The minimum absolute atomic E-state index is 1.09. The van der Waals surface area contributed by atoms with Crippen molar-refractivity contribution in [3.63, 3.8) is 0 Å². The Hall–Kier alpha value is -8.46. The summed E-state index contributed by atoms with van der Waals surface area (Å²) in [5.74, 6) is 0. The number of aromatic nitrogens is 1. The summed E-state index contributed by atoms with van der Waals surface area (Å²) in [6, 6.07) is 92.7. The number of nitrogens with zero attached hydrogens (tertiary/aromatic N) is 2. The fourth-order valence-electron chi connectivity index (χ4n) is 9.66. The van der Waals surface area contributed by atoms with Crippen LogP contribution in [0.3, 0.4) is 0 Å². The number of hydrogen-bond acceptors (Lipinski definition) is 1. The van der Waals surface area contributed by atoms with Crippen LogP contribution in [0.15, 0.2) is 255 Å². The van der Waals surface area contributed by atoms with E-state index in [1.165, 1.54) is 82.3 Å². The maximum atomic E-state index is 2.42. The second-order valence-electron chi connectivity index (χ2n) is 16.5. The lowest BCUT2D eigenvalue weighted by Crippen LogP contribution is -2.10. The van der Waals surface area contributed by atoms with E-state index in [2.05, 4.69) is 264 Å². The van der Waals surface area contributed by atoms with Crippen LogP contribution in [-0.4, -0.2) is 4.57 Å². The average molecular weight is 815 g/mol. The molecule has 0 spiro atoms. The molecule has 1 heterocycles. The van der Waals surface area contributed by atoms with Gasteiger partial charge in [-0.15, -0.1) is 0 Å². The lowest BCUT2D eigenvalue weighted by Gasteiger charge is -2.26. The Balaban J connectivity index is 0.986. The number of benzene rings is 11. The normalized spacial score (nSPS) is 11.4. The van der Waals surface area contributed by atoms with Gasteiger partial charge in [-0.3, -0.25) is 0 Å². The second kappa shape index (κ2) is 15.8. The molecule has 0 amide bonds. The summed E-state index contributed by atoms with van der Waals surface area (Å²) < 4.78 is 2.42. The van der Waals surface area contributed by atoms with Crippen LogP contribution in [0, 0.1) is 0 Å². The second-order valence-corrected chi connectivity index (χ2v) is 16.5. The summed E-state index contributed by atoms with van der Waals surface area (Å²) in [4.78, 5) is 2.38. The quantitative estimate of drug-likeness (QED) is 0.139. The van der Waals surface area contributed by atoms with E-state index in [0.29, 0.717) is 0 Å². The third kappa shape index (κ3) is 6.61. The van der Waals surface area contributed by atoms with Crippen LogP contribution in [-0.2, 0) is 0 Å². The van der Waals surface area contributed by atoms with Gasteiger partial charge in [0.15, 0.2) is 0 Å². The van der Waals surface area contributed by atoms with Crippen molar-refractivity contribution in [3.8, 4) is 50.2 Å². The summed E-state index contributed by atoms with van der Waals surface area (Å²) >= 11 is 0. The molecule has 0 radical (unpaired) electrons. The van der Waals surface area contributed by atoms with Gasteiger partial charge in [-0.25, -0.2) is 0 Å². The summed E-state index contributed by atoms with van der Waals surface area (Å²) in [7, 11) is 0.